The van der Waals surface area contributed by atoms with Gasteiger partial charge in [0, 0.05) is 32.0 Å². The Bertz CT molecular complexity index is 1540. The summed E-state index contributed by atoms with van der Waals surface area (Å²) in [5.41, 5.74) is 3.24. The Balaban J connectivity index is 1.30. The van der Waals surface area contributed by atoms with Crippen LogP contribution in [0.2, 0.25) is 0 Å². The maximum Gasteiger partial charge on any atom is 0.407 e. The second-order valence-electron chi connectivity index (χ2n) is 12.3. The van der Waals surface area contributed by atoms with E-state index >= 15 is 0 Å². The first-order valence-electron chi connectivity index (χ1n) is 14.9. The van der Waals surface area contributed by atoms with E-state index in [0.29, 0.717) is 49.0 Å². The number of hydrogen-bond donors (Lipinski definition) is 3. The fourth-order valence-corrected chi connectivity index (χ4v) is 5.81. The zero-order chi connectivity index (χ0) is 30.0. The normalized spacial score (nSPS) is 20.2. The molecule has 224 valence electrons. The van der Waals surface area contributed by atoms with Crippen molar-refractivity contribution in [3.8, 4) is 0 Å². The van der Waals surface area contributed by atoms with Crippen molar-refractivity contribution in [2.75, 3.05) is 29.9 Å². The van der Waals surface area contributed by atoms with E-state index in [1.807, 2.05) is 49.6 Å². The largest absolute Gasteiger partial charge is 0.444 e. The van der Waals surface area contributed by atoms with Crippen molar-refractivity contribution in [2.45, 2.75) is 63.3 Å². The van der Waals surface area contributed by atoms with E-state index in [-0.39, 0.29) is 18.0 Å². The van der Waals surface area contributed by atoms with Gasteiger partial charge in [-0.15, -0.1) is 0 Å². The minimum atomic E-state index is -0.560. The van der Waals surface area contributed by atoms with Gasteiger partial charge in [-0.2, -0.15) is 9.97 Å². The molecule has 10 nitrogen and oxygen atoms in total. The number of rotatable bonds is 8. The smallest absolute Gasteiger partial charge is 0.407 e. The van der Waals surface area contributed by atoms with Crippen LogP contribution in [0.5, 0.6) is 0 Å². The number of aromatic nitrogens is 4. The van der Waals surface area contributed by atoms with E-state index in [1.165, 1.54) is 11.1 Å². The van der Waals surface area contributed by atoms with Crippen molar-refractivity contribution in [3.63, 3.8) is 0 Å². The zero-order valence-electron chi connectivity index (χ0n) is 24.9. The number of nitrogens with zero attached hydrogens (tertiary/aromatic N) is 5. The van der Waals surface area contributed by atoms with Gasteiger partial charge in [-0.25, -0.2) is 9.78 Å². The Kier molecular flexibility index (Phi) is 8.03. The number of ether oxygens (including phenoxy) is 1. The molecule has 1 fully saturated rings. The number of benzene rings is 2. The number of allylic oxidation sites excluding steroid dienone is 1. The highest BCUT2D eigenvalue weighted by atomic mass is 16.6. The molecule has 0 spiro atoms. The fraction of sp³-hybridized carbons (Fsp3) is 0.394. The van der Waals surface area contributed by atoms with Crippen molar-refractivity contribution in [1.29, 1.82) is 0 Å². The lowest BCUT2D eigenvalue weighted by Gasteiger charge is -2.22. The molecule has 43 heavy (non-hydrogen) atoms. The van der Waals surface area contributed by atoms with Gasteiger partial charge in [0.05, 0.1) is 24.5 Å². The van der Waals surface area contributed by atoms with Crippen LogP contribution >= 0.6 is 0 Å². The molecule has 1 aliphatic heterocycles. The topological polar surface area (TPSA) is 117 Å². The summed E-state index contributed by atoms with van der Waals surface area (Å²) in [7, 11) is 0. The van der Waals surface area contributed by atoms with Crippen LogP contribution in [-0.2, 0) is 4.74 Å². The average Bonchev–Trinajstić information content (AvgIpc) is 3.73. The summed E-state index contributed by atoms with van der Waals surface area (Å²) in [4.78, 5) is 29.2. The van der Waals surface area contributed by atoms with Crippen LogP contribution in [0.15, 0.2) is 79.1 Å². The molecule has 1 saturated heterocycles. The summed E-state index contributed by atoms with van der Waals surface area (Å²) in [5, 5.41) is 16.8. The SMILES string of the molecule is CC(C)(C)OC(=O)NC1CCN(c2nc(NCC(c3ccccc3)c3ccccc3)c3ncn([C@H]4C=C[C@@H](O)C4)c3n2)C1. The molecule has 2 aromatic carbocycles. The molecule has 0 saturated carbocycles. The van der Waals surface area contributed by atoms with Gasteiger partial charge in [0.1, 0.15) is 5.60 Å². The molecular weight excluding hydrogens is 542 g/mol. The van der Waals surface area contributed by atoms with Crippen LogP contribution in [0, 0.1) is 0 Å². The minimum absolute atomic E-state index is 0.0443. The molecule has 3 atom stereocenters. The lowest BCUT2D eigenvalue weighted by molar-refractivity contribution is 0.0509. The number of aliphatic hydroxyl groups is 1. The van der Waals surface area contributed by atoms with Crippen LogP contribution in [0.1, 0.15) is 56.7 Å². The highest BCUT2D eigenvalue weighted by Crippen LogP contribution is 2.32. The summed E-state index contributed by atoms with van der Waals surface area (Å²) < 4.78 is 7.48. The molecule has 10 heteroatoms. The number of aliphatic hydroxyl groups excluding tert-OH is 1. The highest BCUT2D eigenvalue weighted by Gasteiger charge is 2.30. The van der Waals surface area contributed by atoms with Crippen LogP contribution in [0.25, 0.3) is 11.2 Å². The van der Waals surface area contributed by atoms with E-state index in [4.69, 9.17) is 19.7 Å². The molecule has 2 aliphatic rings. The molecule has 4 aromatic rings. The number of alkyl carbamates (subject to hydrolysis) is 1. The number of anilines is 2. The quantitative estimate of drug-likeness (QED) is 0.248. The van der Waals surface area contributed by atoms with E-state index in [9.17, 15) is 9.90 Å². The lowest BCUT2D eigenvalue weighted by Crippen LogP contribution is -2.40. The summed E-state index contributed by atoms with van der Waals surface area (Å²) in [5.74, 6) is 1.32. The third-order valence-electron chi connectivity index (χ3n) is 7.87. The Morgan fingerprint density at radius 1 is 1.05 bits per heavy atom. The number of hydrogen-bond acceptors (Lipinski definition) is 8. The minimum Gasteiger partial charge on any atom is -0.444 e. The molecule has 6 rings (SSSR count). The Morgan fingerprint density at radius 2 is 1.74 bits per heavy atom. The van der Waals surface area contributed by atoms with Crippen molar-refractivity contribution < 1.29 is 14.6 Å². The summed E-state index contributed by atoms with van der Waals surface area (Å²) in [6, 6.07) is 20.8. The number of imidazole rings is 1. The number of amides is 1. The first-order valence-corrected chi connectivity index (χ1v) is 14.9. The molecule has 1 amide bonds. The number of carbonyl (C=O) groups excluding carboxylic acids is 1. The van der Waals surface area contributed by atoms with Gasteiger partial charge in [-0.05, 0) is 38.3 Å². The van der Waals surface area contributed by atoms with E-state index in [1.54, 1.807) is 6.33 Å². The van der Waals surface area contributed by atoms with Gasteiger partial charge in [0.25, 0.3) is 0 Å². The maximum atomic E-state index is 12.4. The second kappa shape index (κ2) is 12.0. The number of nitrogens with one attached hydrogen (secondary N) is 2. The summed E-state index contributed by atoms with van der Waals surface area (Å²) >= 11 is 0. The molecule has 0 radical (unpaired) electrons. The molecule has 3 heterocycles. The van der Waals surface area contributed by atoms with Crippen LogP contribution in [0.4, 0.5) is 16.6 Å². The lowest BCUT2D eigenvalue weighted by atomic mass is 9.91. The second-order valence-corrected chi connectivity index (χ2v) is 12.3. The van der Waals surface area contributed by atoms with Crippen LogP contribution < -0.4 is 15.5 Å². The van der Waals surface area contributed by atoms with Crippen molar-refractivity contribution in [3.05, 3.63) is 90.3 Å². The van der Waals surface area contributed by atoms with Crippen molar-refractivity contribution in [2.24, 2.45) is 0 Å². The average molecular weight is 582 g/mol. The Labute approximate surface area is 251 Å². The van der Waals surface area contributed by atoms with Gasteiger partial charge in [0.2, 0.25) is 5.95 Å². The molecule has 0 bridgehead atoms. The standard InChI is InChI=1S/C33H39N7O3/c1-33(2,3)43-32(42)36-24-16-17-39(20-24)31-37-29(28-30(38-31)40(21-35-28)25-14-15-26(41)18-25)34-19-27(22-10-6-4-7-11-22)23-12-8-5-9-13-23/h4-15,21,24-27,41H,16-20H2,1-3H3,(H,36,42)(H,34,37,38)/t24?,25-,26+/m0/s1. The van der Waals surface area contributed by atoms with Gasteiger partial charge < -0.3 is 29.9 Å². The number of carbonyl (C=O) groups is 1. The van der Waals surface area contributed by atoms with E-state index < -0.39 is 17.8 Å². The Morgan fingerprint density at radius 3 is 2.37 bits per heavy atom. The van der Waals surface area contributed by atoms with E-state index in [2.05, 4.69) is 64.1 Å². The summed E-state index contributed by atoms with van der Waals surface area (Å²) in [6.07, 6.45) is 6.01. The molecule has 1 aliphatic carbocycles. The zero-order valence-corrected chi connectivity index (χ0v) is 24.9. The fourth-order valence-electron chi connectivity index (χ4n) is 5.81. The third-order valence-corrected chi connectivity index (χ3v) is 7.87. The Hall–Kier alpha value is -4.44. The molecule has 2 aromatic heterocycles. The first kappa shape index (κ1) is 28.7. The van der Waals surface area contributed by atoms with Crippen LogP contribution in [-0.4, -0.2) is 68.1 Å². The van der Waals surface area contributed by atoms with Crippen LogP contribution in [0.3, 0.4) is 0 Å². The van der Waals surface area contributed by atoms with Gasteiger partial charge in [-0.1, -0.05) is 72.8 Å². The summed E-state index contributed by atoms with van der Waals surface area (Å²) in [6.45, 7) is 7.43. The maximum absolute atomic E-state index is 12.4. The van der Waals surface area contributed by atoms with E-state index in [0.717, 1.165) is 6.42 Å². The first-order chi connectivity index (χ1) is 20.7. The van der Waals surface area contributed by atoms with Gasteiger partial charge in [-0.3, -0.25) is 0 Å². The monoisotopic (exact) mass is 581 g/mol. The predicted octanol–water partition coefficient (Wildman–Crippen LogP) is 5.04. The molecule has 3 N–H and O–H groups in total. The highest BCUT2D eigenvalue weighted by molar-refractivity contribution is 5.84. The van der Waals surface area contributed by atoms with Gasteiger partial charge >= 0.3 is 6.09 Å². The molecule has 1 unspecified atom stereocenters. The predicted molar refractivity (Wildman–Crippen MR) is 167 cm³/mol. The number of fused-ring (bicyclic) bond motifs is 1. The molecular formula is C33H39N7O3. The van der Waals surface area contributed by atoms with Crippen molar-refractivity contribution in [1.82, 2.24) is 24.8 Å². The third kappa shape index (κ3) is 6.64. The van der Waals surface area contributed by atoms with Gasteiger partial charge in [0.15, 0.2) is 17.0 Å². The van der Waals surface area contributed by atoms with Crippen molar-refractivity contribution >= 4 is 29.0 Å².